The lowest BCUT2D eigenvalue weighted by Gasteiger charge is -2.00. The normalized spacial score (nSPS) is 10.4. The van der Waals surface area contributed by atoms with Crippen LogP contribution < -0.4 is 0 Å². The largest absolute Gasteiger partial charge is 0.298 e. The molecule has 0 amide bonds. The van der Waals surface area contributed by atoms with Gasteiger partial charge in [0.2, 0.25) is 5.16 Å². The van der Waals surface area contributed by atoms with E-state index in [2.05, 4.69) is 15.5 Å². The van der Waals surface area contributed by atoms with E-state index in [-0.39, 0.29) is 5.78 Å². The summed E-state index contributed by atoms with van der Waals surface area (Å²) in [5, 5.41) is 11.7. The first-order chi connectivity index (χ1) is 8.25. The highest BCUT2D eigenvalue weighted by molar-refractivity contribution is 7.99. The molecule has 0 saturated carbocycles. The summed E-state index contributed by atoms with van der Waals surface area (Å²) in [5.41, 5.74) is 1.04. The zero-order valence-corrected chi connectivity index (χ0v) is 10.2. The SMILES string of the molecule is Cn1nnnc1SCC(=O)Cc1ccccc1. The highest BCUT2D eigenvalue weighted by Crippen LogP contribution is 2.13. The summed E-state index contributed by atoms with van der Waals surface area (Å²) in [4.78, 5) is 11.7. The summed E-state index contributed by atoms with van der Waals surface area (Å²) < 4.78 is 1.56. The van der Waals surface area contributed by atoms with Crippen LogP contribution in [0.3, 0.4) is 0 Å². The molecule has 0 atom stereocenters. The van der Waals surface area contributed by atoms with Gasteiger partial charge in [-0.15, -0.1) is 5.10 Å². The predicted octanol–water partition coefficient (Wildman–Crippen LogP) is 1.11. The van der Waals surface area contributed by atoms with Crippen LogP contribution in [-0.2, 0) is 18.3 Å². The van der Waals surface area contributed by atoms with Crippen LogP contribution in [0.15, 0.2) is 35.5 Å². The van der Waals surface area contributed by atoms with Crippen LogP contribution in [0.25, 0.3) is 0 Å². The van der Waals surface area contributed by atoms with Gasteiger partial charge in [-0.3, -0.25) is 4.79 Å². The summed E-state index contributed by atoms with van der Waals surface area (Å²) in [7, 11) is 1.75. The van der Waals surface area contributed by atoms with Crippen LogP contribution in [0, 0.1) is 0 Å². The molecule has 5 nitrogen and oxygen atoms in total. The van der Waals surface area contributed by atoms with Crippen LogP contribution in [-0.4, -0.2) is 31.7 Å². The van der Waals surface area contributed by atoms with Crippen molar-refractivity contribution in [3.63, 3.8) is 0 Å². The lowest BCUT2D eigenvalue weighted by Crippen LogP contribution is -2.06. The standard InChI is InChI=1S/C11H12N4OS/c1-15-11(12-13-14-15)17-8-10(16)7-9-5-3-2-4-6-9/h2-6H,7-8H2,1H3. The molecular formula is C11H12N4OS. The van der Waals surface area contributed by atoms with E-state index in [0.29, 0.717) is 17.3 Å². The van der Waals surface area contributed by atoms with E-state index in [0.717, 1.165) is 5.56 Å². The van der Waals surface area contributed by atoms with E-state index >= 15 is 0 Å². The summed E-state index contributed by atoms with van der Waals surface area (Å²) in [6.07, 6.45) is 0.457. The van der Waals surface area contributed by atoms with Crippen molar-refractivity contribution in [1.82, 2.24) is 20.2 Å². The lowest BCUT2D eigenvalue weighted by molar-refractivity contribution is -0.116. The number of carbonyl (C=O) groups excluding carboxylic acids is 1. The van der Waals surface area contributed by atoms with Crippen molar-refractivity contribution >= 4 is 17.5 Å². The Bertz CT molecular complexity index is 497. The minimum Gasteiger partial charge on any atom is -0.298 e. The van der Waals surface area contributed by atoms with Crippen molar-refractivity contribution in [3.8, 4) is 0 Å². The maximum Gasteiger partial charge on any atom is 0.209 e. The highest BCUT2D eigenvalue weighted by Gasteiger charge is 2.08. The molecule has 0 spiro atoms. The first kappa shape index (κ1) is 11.8. The molecule has 0 fully saturated rings. The summed E-state index contributed by atoms with van der Waals surface area (Å²) in [6, 6.07) is 9.71. The monoisotopic (exact) mass is 248 g/mol. The third kappa shape index (κ3) is 3.39. The molecule has 1 heterocycles. The molecule has 2 rings (SSSR count). The number of carbonyl (C=O) groups is 1. The van der Waals surface area contributed by atoms with Gasteiger partial charge >= 0.3 is 0 Å². The molecule has 0 aliphatic carbocycles. The van der Waals surface area contributed by atoms with Crippen molar-refractivity contribution < 1.29 is 4.79 Å². The molecule has 0 saturated heterocycles. The Kier molecular flexibility index (Phi) is 3.87. The van der Waals surface area contributed by atoms with Crippen molar-refractivity contribution in [1.29, 1.82) is 0 Å². The number of benzene rings is 1. The number of Topliss-reactive ketones (excluding diaryl/α,β-unsaturated/α-hetero) is 1. The number of aromatic nitrogens is 4. The molecule has 2 aromatic rings. The fourth-order valence-electron chi connectivity index (χ4n) is 1.36. The minimum atomic E-state index is 0.171. The molecule has 0 aliphatic heterocycles. The Labute approximate surface area is 103 Å². The third-order valence-electron chi connectivity index (χ3n) is 2.19. The minimum absolute atomic E-state index is 0.171. The Morgan fingerprint density at radius 3 is 2.76 bits per heavy atom. The van der Waals surface area contributed by atoms with Gasteiger partial charge in [-0.1, -0.05) is 42.1 Å². The van der Waals surface area contributed by atoms with E-state index in [4.69, 9.17) is 0 Å². The van der Waals surface area contributed by atoms with Crippen LogP contribution >= 0.6 is 11.8 Å². The van der Waals surface area contributed by atoms with E-state index in [9.17, 15) is 4.79 Å². The Hall–Kier alpha value is -1.69. The van der Waals surface area contributed by atoms with Crippen LogP contribution in [0.2, 0.25) is 0 Å². The van der Waals surface area contributed by atoms with Gasteiger partial charge < -0.3 is 0 Å². The molecule has 0 N–H and O–H groups in total. The number of hydrogen-bond acceptors (Lipinski definition) is 5. The van der Waals surface area contributed by atoms with Gasteiger partial charge in [-0.05, 0) is 16.0 Å². The van der Waals surface area contributed by atoms with E-state index in [1.165, 1.54) is 11.8 Å². The van der Waals surface area contributed by atoms with Gasteiger partial charge in [0.15, 0.2) is 0 Å². The van der Waals surface area contributed by atoms with Crippen molar-refractivity contribution in [2.45, 2.75) is 11.6 Å². The van der Waals surface area contributed by atoms with Gasteiger partial charge in [0.05, 0.1) is 5.75 Å². The van der Waals surface area contributed by atoms with E-state index in [1.54, 1.807) is 11.7 Å². The summed E-state index contributed by atoms with van der Waals surface area (Å²) in [5.74, 6) is 0.563. The molecule has 6 heteroatoms. The highest BCUT2D eigenvalue weighted by atomic mass is 32.2. The predicted molar refractivity (Wildman–Crippen MR) is 64.7 cm³/mol. The maximum absolute atomic E-state index is 11.7. The second-order valence-corrected chi connectivity index (χ2v) is 4.52. The van der Waals surface area contributed by atoms with Gasteiger partial charge in [0.25, 0.3) is 0 Å². The fraction of sp³-hybridized carbons (Fsp3) is 0.273. The number of thioether (sulfide) groups is 1. The summed E-state index contributed by atoms with van der Waals surface area (Å²) in [6.45, 7) is 0. The van der Waals surface area contributed by atoms with Gasteiger partial charge in [-0.25, -0.2) is 4.68 Å². The average Bonchev–Trinajstić information content (AvgIpc) is 2.74. The quantitative estimate of drug-likeness (QED) is 0.742. The fourth-order valence-corrected chi connectivity index (χ4v) is 2.07. The number of nitrogens with zero attached hydrogens (tertiary/aromatic N) is 4. The molecule has 88 valence electrons. The van der Waals surface area contributed by atoms with Gasteiger partial charge in [0.1, 0.15) is 5.78 Å². The molecule has 0 bridgehead atoms. The van der Waals surface area contributed by atoms with E-state index in [1.807, 2.05) is 30.3 Å². The van der Waals surface area contributed by atoms with Crippen LogP contribution in [0.4, 0.5) is 0 Å². The molecule has 0 aliphatic rings. The topological polar surface area (TPSA) is 60.7 Å². The number of hydrogen-bond donors (Lipinski definition) is 0. The van der Waals surface area contributed by atoms with Crippen molar-refractivity contribution in [2.24, 2.45) is 7.05 Å². The number of aryl methyl sites for hydroxylation is 1. The van der Waals surface area contributed by atoms with E-state index < -0.39 is 0 Å². The Balaban J connectivity index is 1.84. The smallest absolute Gasteiger partial charge is 0.209 e. The molecule has 1 aromatic carbocycles. The summed E-state index contributed by atoms with van der Waals surface area (Å²) >= 11 is 1.36. The maximum atomic E-state index is 11.7. The van der Waals surface area contributed by atoms with Crippen LogP contribution in [0.5, 0.6) is 0 Å². The van der Waals surface area contributed by atoms with Crippen LogP contribution in [0.1, 0.15) is 5.56 Å². The molecular weight excluding hydrogens is 236 g/mol. The molecule has 17 heavy (non-hydrogen) atoms. The number of rotatable bonds is 5. The Morgan fingerprint density at radius 2 is 2.12 bits per heavy atom. The van der Waals surface area contributed by atoms with Gasteiger partial charge in [-0.2, -0.15) is 0 Å². The second-order valence-electron chi connectivity index (χ2n) is 3.57. The van der Waals surface area contributed by atoms with Crippen molar-refractivity contribution in [2.75, 3.05) is 5.75 Å². The zero-order valence-electron chi connectivity index (χ0n) is 9.41. The number of tetrazole rings is 1. The average molecular weight is 248 g/mol. The third-order valence-corrected chi connectivity index (χ3v) is 3.26. The zero-order chi connectivity index (χ0) is 12.1. The van der Waals surface area contributed by atoms with Gasteiger partial charge in [0, 0.05) is 13.5 Å². The Morgan fingerprint density at radius 1 is 1.35 bits per heavy atom. The second kappa shape index (κ2) is 5.58. The molecule has 1 aromatic heterocycles. The lowest BCUT2D eigenvalue weighted by atomic mass is 10.1. The first-order valence-corrected chi connectivity index (χ1v) is 6.15. The number of ketones is 1. The van der Waals surface area contributed by atoms with Crippen molar-refractivity contribution in [3.05, 3.63) is 35.9 Å². The molecule has 0 radical (unpaired) electrons. The first-order valence-electron chi connectivity index (χ1n) is 5.16. The molecule has 0 unspecified atom stereocenters.